The minimum atomic E-state index is -0.875. The summed E-state index contributed by atoms with van der Waals surface area (Å²) >= 11 is 0. The van der Waals surface area contributed by atoms with Crippen molar-refractivity contribution in [2.24, 2.45) is 5.92 Å². The molecule has 1 unspecified atom stereocenters. The van der Waals surface area contributed by atoms with E-state index in [4.69, 9.17) is 9.84 Å². The molecule has 5 nitrogen and oxygen atoms in total. The van der Waals surface area contributed by atoms with Gasteiger partial charge in [-0.25, -0.2) is 0 Å². The predicted molar refractivity (Wildman–Crippen MR) is 80.3 cm³/mol. The van der Waals surface area contributed by atoms with Crippen LogP contribution in [0, 0.1) is 12.8 Å². The topological polar surface area (TPSA) is 75.6 Å². The van der Waals surface area contributed by atoms with Gasteiger partial charge in [-0.2, -0.15) is 0 Å². The molecule has 0 bridgehead atoms. The van der Waals surface area contributed by atoms with E-state index in [0.717, 1.165) is 5.75 Å². The lowest BCUT2D eigenvalue weighted by Crippen LogP contribution is -2.32. The standard InChI is InChI=1S/C16H23NO4/c1-3-13(16(19)20)11-17-15(18)5-4-10-21-14-8-6-12(2)7-9-14/h6-9,13H,3-5,10-11H2,1-2H3,(H,17,18)(H,19,20). The third-order valence-corrected chi connectivity index (χ3v) is 3.23. The Bertz CT molecular complexity index is 456. The Morgan fingerprint density at radius 2 is 1.95 bits per heavy atom. The first-order valence-corrected chi connectivity index (χ1v) is 7.22. The predicted octanol–water partition coefficient (Wildman–Crippen LogP) is 2.38. The highest BCUT2D eigenvalue weighted by Gasteiger charge is 2.15. The number of aryl methyl sites for hydroxylation is 1. The Hall–Kier alpha value is -2.04. The normalized spacial score (nSPS) is 11.7. The van der Waals surface area contributed by atoms with Crippen LogP contribution in [0.3, 0.4) is 0 Å². The van der Waals surface area contributed by atoms with E-state index < -0.39 is 11.9 Å². The Labute approximate surface area is 125 Å². The summed E-state index contributed by atoms with van der Waals surface area (Å²) in [5.41, 5.74) is 1.17. The number of carbonyl (C=O) groups excluding carboxylic acids is 1. The van der Waals surface area contributed by atoms with Gasteiger partial charge in [0, 0.05) is 13.0 Å². The van der Waals surface area contributed by atoms with Crippen LogP contribution in [-0.4, -0.2) is 30.1 Å². The number of benzene rings is 1. The Kier molecular flexibility index (Phi) is 7.29. The van der Waals surface area contributed by atoms with Gasteiger partial charge in [-0.05, 0) is 31.9 Å². The van der Waals surface area contributed by atoms with E-state index >= 15 is 0 Å². The molecule has 116 valence electrons. The lowest BCUT2D eigenvalue weighted by molar-refractivity contribution is -0.141. The van der Waals surface area contributed by atoms with Crippen molar-refractivity contribution in [3.05, 3.63) is 29.8 Å². The van der Waals surface area contributed by atoms with E-state index in [9.17, 15) is 9.59 Å². The number of carboxylic acids is 1. The quantitative estimate of drug-likeness (QED) is 0.685. The van der Waals surface area contributed by atoms with Gasteiger partial charge in [0.1, 0.15) is 5.75 Å². The maximum absolute atomic E-state index is 11.6. The Morgan fingerprint density at radius 3 is 2.52 bits per heavy atom. The molecule has 1 amide bonds. The SMILES string of the molecule is CCC(CNC(=O)CCCOc1ccc(C)cc1)C(=O)O. The molecule has 1 aromatic rings. The van der Waals surface area contributed by atoms with Crippen molar-refractivity contribution in [3.8, 4) is 5.75 Å². The van der Waals surface area contributed by atoms with Gasteiger partial charge < -0.3 is 15.2 Å². The van der Waals surface area contributed by atoms with Crippen molar-refractivity contribution >= 4 is 11.9 Å². The van der Waals surface area contributed by atoms with Gasteiger partial charge in [0.15, 0.2) is 0 Å². The Balaban J connectivity index is 2.16. The molecule has 1 aromatic carbocycles. The first-order chi connectivity index (χ1) is 10.0. The number of aliphatic carboxylic acids is 1. The van der Waals surface area contributed by atoms with Gasteiger partial charge >= 0.3 is 5.97 Å². The van der Waals surface area contributed by atoms with Gasteiger partial charge in [0.05, 0.1) is 12.5 Å². The molecular weight excluding hydrogens is 270 g/mol. The van der Waals surface area contributed by atoms with Crippen LogP contribution < -0.4 is 10.1 Å². The van der Waals surface area contributed by atoms with Crippen LogP contribution in [0.4, 0.5) is 0 Å². The second-order valence-electron chi connectivity index (χ2n) is 5.01. The first-order valence-electron chi connectivity index (χ1n) is 7.22. The van der Waals surface area contributed by atoms with Crippen LogP contribution in [0.15, 0.2) is 24.3 Å². The minimum absolute atomic E-state index is 0.137. The number of amides is 1. The molecule has 0 aliphatic carbocycles. The molecule has 0 aliphatic rings. The van der Waals surface area contributed by atoms with E-state index in [1.54, 1.807) is 6.92 Å². The zero-order chi connectivity index (χ0) is 15.7. The molecule has 2 N–H and O–H groups in total. The zero-order valence-corrected chi connectivity index (χ0v) is 12.6. The average molecular weight is 293 g/mol. The van der Waals surface area contributed by atoms with E-state index in [1.165, 1.54) is 5.56 Å². The average Bonchev–Trinajstić information content (AvgIpc) is 2.45. The van der Waals surface area contributed by atoms with Gasteiger partial charge in [-0.3, -0.25) is 9.59 Å². The summed E-state index contributed by atoms with van der Waals surface area (Å²) in [4.78, 5) is 22.4. The van der Waals surface area contributed by atoms with E-state index in [1.807, 2.05) is 31.2 Å². The van der Waals surface area contributed by atoms with Crippen LogP contribution in [0.1, 0.15) is 31.7 Å². The lowest BCUT2D eigenvalue weighted by atomic mass is 10.1. The summed E-state index contributed by atoms with van der Waals surface area (Å²) in [7, 11) is 0. The molecule has 0 aromatic heterocycles. The third-order valence-electron chi connectivity index (χ3n) is 3.23. The highest BCUT2D eigenvalue weighted by atomic mass is 16.5. The number of hydrogen-bond donors (Lipinski definition) is 2. The van der Waals surface area contributed by atoms with Crippen molar-refractivity contribution in [1.82, 2.24) is 5.32 Å². The summed E-state index contributed by atoms with van der Waals surface area (Å²) in [6.45, 7) is 4.45. The molecule has 1 atom stereocenters. The molecule has 0 spiro atoms. The van der Waals surface area contributed by atoms with Crippen molar-refractivity contribution in [2.75, 3.05) is 13.2 Å². The number of ether oxygens (including phenoxy) is 1. The molecular formula is C16H23NO4. The molecule has 0 aliphatic heterocycles. The summed E-state index contributed by atoms with van der Waals surface area (Å²) in [6, 6.07) is 7.74. The maximum atomic E-state index is 11.6. The van der Waals surface area contributed by atoms with Gasteiger partial charge in [0.25, 0.3) is 0 Å². The van der Waals surface area contributed by atoms with Crippen LogP contribution in [-0.2, 0) is 9.59 Å². The van der Waals surface area contributed by atoms with Gasteiger partial charge in [0.2, 0.25) is 5.91 Å². The second kappa shape index (κ2) is 9.00. The first kappa shape index (κ1) is 17.0. The number of carboxylic acid groups (broad SMARTS) is 1. The second-order valence-corrected chi connectivity index (χ2v) is 5.01. The fourth-order valence-corrected chi connectivity index (χ4v) is 1.79. The molecule has 0 radical (unpaired) electrons. The maximum Gasteiger partial charge on any atom is 0.308 e. The van der Waals surface area contributed by atoms with Crippen molar-refractivity contribution in [2.45, 2.75) is 33.1 Å². The zero-order valence-electron chi connectivity index (χ0n) is 12.6. The summed E-state index contributed by atoms with van der Waals surface area (Å²) in [6.07, 6.45) is 1.44. The molecule has 1 rings (SSSR count). The van der Waals surface area contributed by atoms with Crippen LogP contribution >= 0.6 is 0 Å². The van der Waals surface area contributed by atoms with Gasteiger partial charge in [-0.15, -0.1) is 0 Å². The highest BCUT2D eigenvalue weighted by molar-refractivity contribution is 5.77. The molecule has 21 heavy (non-hydrogen) atoms. The monoisotopic (exact) mass is 293 g/mol. The van der Waals surface area contributed by atoms with Gasteiger partial charge in [-0.1, -0.05) is 24.6 Å². The molecule has 0 fully saturated rings. The fraction of sp³-hybridized carbons (Fsp3) is 0.500. The van der Waals surface area contributed by atoms with E-state index in [0.29, 0.717) is 25.9 Å². The number of hydrogen-bond acceptors (Lipinski definition) is 3. The van der Waals surface area contributed by atoms with Crippen molar-refractivity contribution in [1.29, 1.82) is 0 Å². The highest BCUT2D eigenvalue weighted by Crippen LogP contribution is 2.11. The van der Waals surface area contributed by atoms with Crippen molar-refractivity contribution < 1.29 is 19.4 Å². The van der Waals surface area contributed by atoms with Crippen LogP contribution in [0.25, 0.3) is 0 Å². The Morgan fingerprint density at radius 1 is 1.29 bits per heavy atom. The molecule has 0 saturated carbocycles. The minimum Gasteiger partial charge on any atom is -0.494 e. The van der Waals surface area contributed by atoms with Crippen LogP contribution in [0.5, 0.6) is 5.75 Å². The van der Waals surface area contributed by atoms with E-state index in [-0.39, 0.29) is 12.5 Å². The number of rotatable bonds is 9. The van der Waals surface area contributed by atoms with Crippen molar-refractivity contribution in [3.63, 3.8) is 0 Å². The molecule has 0 saturated heterocycles. The van der Waals surface area contributed by atoms with Crippen LogP contribution in [0.2, 0.25) is 0 Å². The number of carbonyl (C=O) groups is 2. The third kappa shape index (κ3) is 6.79. The summed E-state index contributed by atoms with van der Waals surface area (Å²) < 4.78 is 5.52. The summed E-state index contributed by atoms with van der Waals surface area (Å²) in [5.74, 6) is -0.738. The smallest absolute Gasteiger partial charge is 0.308 e. The fourth-order valence-electron chi connectivity index (χ4n) is 1.79. The lowest BCUT2D eigenvalue weighted by Gasteiger charge is -2.11. The molecule has 0 heterocycles. The summed E-state index contributed by atoms with van der Waals surface area (Å²) in [5, 5.41) is 11.5. The van der Waals surface area contributed by atoms with E-state index in [2.05, 4.69) is 5.32 Å². The largest absolute Gasteiger partial charge is 0.494 e. The number of nitrogens with one attached hydrogen (secondary N) is 1. The molecule has 5 heteroatoms.